The van der Waals surface area contributed by atoms with Gasteiger partial charge >= 0.3 is 0 Å². The van der Waals surface area contributed by atoms with Gasteiger partial charge < -0.3 is 14.5 Å². The molecule has 0 unspecified atom stereocenters. The van der Waals surface area contributed by atoms with E-state index in [1.165, 1.54) is 11.1 Å². The van der Waals surface area contributed by atoms with E-state index >= 15 is 0 Å². The van der Waals surface area contributed by atoms with Crippen molar-refractivity contribution >= 4 is 15.9 Å². The van der Waals surface area contributed by atoms with Gasteiger partial charge in [0.2, 0.25) is 10.0 Å². The lowest BCUT2D eigenvalue weighted by Gasteiger charge is -2.33. The van der Waals surface area contributed by atoms with Crippen molar-refractivity contribution < 1.29 is 22.8 Å². The molecule has 1 N–H and O–H groups in total. The van der Waals surface area contributed by atoms with E-state index in [4.69, 9.17) is 4.74 Å². The van der Waals surface area contributed by atoms with Crippen molar-refractivity contribution in [1.82, 2.24) is 9.21 Å². The summed E-state index contributed by atoms with van der Waals surface area (Å²) < 4.78 is 32.8. The largest absolute Gasteiger partial charge is 0.378 e. The molecule has 0 radical (unpaired) electrons. The fourth-order valence-electron chi connectivity index (χ4n) is 4.22. The zero-order valence-corrected chi connectivity index (χ0v) is 16.5. The summed E-state index contributed by atoms with van der Waals surface area (Å²) in [5.74, 6) is 0.142. The van der Waals surface area contributed by atoms with Crippen LogP contribution in [0.3, 0.4) is 0 Å². The number of nitrogens with one attached hydrogen (secondary N) is 1. The first-order valence-electron chi connectivity index (χ1n) is 9.85. The monoisotopic (exact) mass is 394 g/mol. The van der Waals surface area contributed by atoms with Gasteiger partial charge in [0.25, 0.3) is 5.91 Å². The molecule has 0 spiro atoms. The standard InChI is InChI=1S/C19H27N3O4S/c23-19(21-10-12-26-13-11-21)15-20-6-8-22(9-7-20)27(24,25)18-5-4-16-2-1-3-17(16)14-18/h4-5,14H,1-3,6-13,15H2/p+1. The third-order valence-corrected chi connectivity index (χ3v) is 7.80. The van der Waals surface area contributed by atoms with Gasteiger partial charge in [0.15, 0.2) is 6.54 Å². The highest BCUT2D eigenvalue weighted by atomic mass is 32.2. The Hall–Kier alpha value is -1.48. The van der Waals surface area contributed by atoms with Crippen LogP contribution < -0.4 is 4.90 Å². The third kappa shape index (κ3) is 4.03. The molecular formula is C19H28N3O4S+. The van der Waals surface area contributed by atoms with E-state index in [0.29, 0.717) is 63.9 Å². The van der Waals surface area contributed by atoms with Crippen LogP contribution in [-0.4, -0.2) is 82.6 Å². The number of fused-ring (bicyclic) bond motifs is 1. The van der Waals surface area contributed by atoms with Crippen LogP contribution >= 0.6 is 0 Å². The van der Waals surface area contributed by atoms with Crippen LogP contribution in [0.1, 0.15) is 17.5 Å². The second-order valence-corrected chi connectivity index (χ2v) is 9.55. The smallest absolute Gasteiger partial charge is 0.277 e. The van der Waals surface area contributed by atoms with Gasteiger partial charge in [0.05, 0.1) is 44.3 Å². The molecule has 1 amide bonds. The van der Waals surface area contributed by atoms with Crippen LogP contribution in [0.25, 0.3) is 0 Å². The average molecular weight is 395 g/mol. The Bertz CT molecular complexity index is 797. The number of carbonyl (C=O) groups excluding carboxylic acids is 1. The van der Waals surface area contributed by atoms with Gasteiger partial charge in [0, 0.05) is 13.1 Å². The van der Waals surface area contributed by atoms with E-state index < -0.39 is 10.0 Å². The number of hydrogen-bond donors (Lipinski definition) is 1. The minimum Gasteiger partial charge on any atom is -0.378 e. The maximum atomic E-state index is 13.0. The van der Waals surface area contributed by atoms with Crippen molar-refractivity contribution in [2.24, 2.45) is 0 Å². The molecule has 1 aromatic carbocycles. The number of ether oxygens (including phenoxy) is 1. The molecule has 0 bridgehead atoms. The summed E-state index contributed by atoms with van der Waals surface area (Å²) >= 11 is 0. The highest BCUT2D eigenvalue weighted by Gasteiger charge is 2.32. The van der Waals surface area contributed by atoms with Gasteiger partial charge in [-0.1, -0.05) is 6.07 Å². The Kier molecular flexibility index (Phi) is 5.50. The summed E-state index contributed by atoms with van der Waals surface area (Å²) in [7, 11) is -3.45. The SMILES string of the molecule is O=C(C[NH+]1CCN(S(=O)(=O)c2ccc3c(c2)CCC3)CC1)N1CCOCC1. The predicted octanol–water partition coefficient (Wildman–Crippen LogP) is -1.08. The van der Waals surface area contributed by atoms with Crippen molar-refractivity contribution in [2.45, 2.75) is 24.2 Å². The van der Waals surface area contributed by atoms with E-state index in [0.717, 1.165) is 24.2 Å². The molecule has 0 saturated carbocycles. The second kappa shape index (κ2) is 7.87. The minimum absolute atomic E-state index is 0.142. The van der Waals surface area contributed by atoms with E-state index in [9.17, 15) is 13.2 Å². The molecule has 0 aromatic heterocycles. The lowest BCUT2D eigenvalue weighted by atomic mass is 10.1. The van der Waals surface area contributed by atoms with Crippen LogP contribution in [0.2, 0.25) is 0 Å². The zero-order chi connectivity index (χ0) is 18.9. The molecule has 0 atom stereocenters. The number of hydrogen-bond acceptors (Lipinski definition) is 4. The first kappa shape index (κ1) is 18.9. The number of aryl methyl sites for hydroxylation is 2. The van der Waals surface area contributed by atoms with E-state index in [2.05, 4.69) is 0 Å². The summed E-state index contributed by atoms with van der Waals surface area (Å²) in [5, 5.41) is 0. The maximum absolute atomic E-state index is 13.0. The molecule has 1 aliphatic carbocycles. The number of benzene rings is 1. The highest BCUT2D eigenvalue weighted by molar-refractivity contribution is 7.89. The molecule has 27 heavy (non-hydrogen) atoms. The molecule has 8 heteroatoms. The summed E-state index contributed by atoms with van der Waals surface area (Å²) in [6, 6.07) is 5.58. The number of amides is 1. The summed E-state index contributed by atoms with van der Waals surface area (Å²) in [5.41, 5.74) is 2.46. The number of carbonyl (C=O) groups is 1. The lowest BCUT2D eigenvalue weighted by molar-refractivity contribution is -0.896. The van der Waals surface area contributed by atoms with Crippen LogP contribution in [-0.2, 0) is 32.4 Å². The summed E-state index contributed by atoms with van der Waals surface area (Å²) in [6.45, 7) is 5.22. The first-order chi connectivity index (χ1) is 13.0. The third-order valence-electron chi connectivity index (χ3n) is 5.90. The number of rotatable bonds is 4. The Labute approximate surface area is 160 Å². The Morgan fingerprint density at radius 2 is 1.74 bits per heavy atom. The molecule has 2 saturated heterocycles. The van der Waals surface area contributed by atoms with Gasteiger partial charge in [-0.25, -0.2) is 8.42 Å². The number of sulfonamides is 1. The van der Waals surface area contributed by atoms with Crippen molar-refractivity contribution in [3.63, 3.8) is 0 Å². The molecule has 7 nitrogen and oxygen atoms in total. The molecular weight excluding hydrogens is 366 g/mol. The number of nitrogens with zero attached hydrogens (tertiary/aromatic N) is 2. The normalized spacial score (nSPS) is 22.0. The first-order valence-corrected chi connectivity index (χ1v) is 11.3. The van der Waals surface area contributed by atoms with Gasteiger partial charge in [0.1, 0.15) is 0 Å². The molecule has 4 rings (SSSR count). The number of piperazine rings is 1. The van der Waals surface area contributed by atoms with Crippen LogP contribution in [0, 0.1) is 0 Å². The molecule has 3 aliphatic rings. The van der Waals surface area contributed by atoms with Gasteiger partial charge in [-0.2, -0.15) is 4.31 Å². The molecule has 148 valence electrons. The summed E-state index contributed by atoms with van der Waals surface area (Å²) in [4.78, 5) is 15.8. The van der Waals surface area contributed by atoms with Crippen LogP contribution in [0.5, 0.6) is 0 Å². The van der Waals surface area contributed by atoms with E-state index in [-0.39, 0.29) is 5.91 Å². The van der Waals surface area contributed by atoms with E-state index in [1.807, 2.05) is 17.0 Å². The van der Waals surface area contributed by atoms with E-state index in [1.54, 1.807) is 10.4 Å². The van der Waals surface area contributed by atoms with Crippen molar-refractivity contribution in [2.75, 3.05) is 59.0 Å². The minimum atomic E-state index is -3.45. The van der Waals surface area contributed by atoms with Crippen LogP contribution in [0.15, 0.2) is 23.1 Å². The molecule has 2 fully saturated rings. The topological polar surface area (TPSA) is 71.4 Å². The average Bonchev–Trinajstić information content (AvgIpc) is 3.17. The van der Waals surface area contributed by atoms with Gasteiger partial charge in [-0.15, -0.1) is 0 Å². The van der Waals surface area contributed by atoms with Crippen molar-refractivity contribution in [3.05, 3.63) is 29.3 Å². The van der Waals surface area contributed by atoms with Gasteiger partial charge in [-0.3, -0.25) is 4.79 Å². The van der Waals surface area contributed by atoms with Crippen LogP contribution in [0.4, 0.5) is 0 Å². The Morgan fingerprint density at radius 1 is 1.04 bits per heavy atom. The Morgan fingerprint density at radius 3 is 2.48 bits per heavy atom. The number of quaternary nitrogens is 1. The van der Waals surface area contributed by atoms with Crippen molar-refractivity contribution in [1.29, 1.82) is 0 Å². The van der Waals surface area contributed by atoms with Crippen molar-refractivity contribution in [3.8, 4) is 0 Å². The second-order valence-electron chi connectivity index (χ2n) is 7.61. The maximum Gasteiger partial charge on any atom is 0.277 e. The fourth-order valence-corrected chi connectivity index (χ4v) is 5.71. The lowest BCUT2D eigenvalue weighted by Crippen LogP contribution is -3.15. The zero-order valence-electron chi connectivity index (χ0n) is 15.7. The molecule has 2 heterocycles. The fraction of sp³-hybridized carbons (Fsp3) is 0.632. The quantitative estimate of drug-likeness (QED) is 0.706. The Balaban J connectivity index is 1.35. The molecule has 1 aromatic rings. The molecule has 2 aliphatic heterocycles. The summed E-state index contributed by atoms with van der Waals surface area (Å²) in [6.07, 6.45) is 3.13. The predicted molar refractivity (Wildman–Crippen MR) is 100 cm³/mol. The number of morpholine rings is 1. The van der Waals surface area contributed by atoms with Gasteiger partial charge in [-0.05, 0) is 42.5 Å². The highest BCUT2D eigenvalue weighted by Crippen LogP contribution is 2.26.